The number of hydrogen-bond donors (Lipinski definition) is 1. The van der Waals surface area contributed by atoms with Crippen LogP contribution in [0.25, 0.3) is 0 Å². The van der Waals surface area contributed by atoms with Crippen molar-refractivity contribution >= 4 is 0 Å². The van der Waals surface area contributed by atoms with Crippen molar-refractivity contribution in [2.24, 2.45) is 0 Å². The summed E-state index contributed by atoms with van der Waals surface area (Å²) < 4.78 is 19.3. The zero-order valence-corrected chi connectivity index (χ0v) is 10.9. The van der Waals surface area contributed by atoms with Crippen molar-refractivity contribution < 1.29 is 14.2 Å². The third-order valence-corrected chi connectivity index (χ3v) is 3.63. The van der Waals surface area contributed by atoms with E-state index in [-0.39, 0.29) is 11.7 Å². The number of allylic oxidation sites excluding steroid dienone is 1. The lowest BCUT2D eigenvalue weighted by molar-refractivity contribution is 0.146. The lowest BCUT2D eigenvalue weighted by Gasteiger charge is -2.20. The van der Waals surface area contributed by atoms with Crippen molar-refractivity contribution in [2.45, 2.75) is 18.4 Å². The molecule has 2 nitrogen and oxygen atoms in total. The zero-order chi connectivity index (χ0) is 14.1. The first-order valence-corrected chi connectivity index (χ1v) is 6.56. The average molecular weight is 270 g/mol. The average Bonchev–Trinajstić information content (AvgIpc) is 2.57. The molecule has 0 fully saturated rings. The summed E-state index contributed by atoms with van der Waals surface area (Å²) in [5, 5.41) is 10.6. The topological polar surface area (TPSA) is 29.5 Å². The molecule has 102 valence electrons. The maximum Gasteiger partial charge on any atom is 0.133 e. The molecule has 1 N–H and O–H groups in total. The van der Waals surface area contributed by atoms with Gasteiger partial charge in [0.05, 0.1) is 6.10 Å². The Morgan fingerprint density at radius 1 is 1.15 bits per heavy atom. The summed E-state index contributed by atoms with van der Waals surface area (Å²) in [6, 6.07) is 11.8. The lowest BCUT2D eigenvalue weighted by atomic mass is 9.86. The van der Waals surface area contributed by atoms with Gasteiger partial charge in [-0.3, -0.25) is 0 Å². The summed E-state index contributed by atoms with van der Waals surface area (Å²) in [7, 11) is 0. The Morgan fingerprint density at radius 2 is 1.90 bits per heavy atom. The van der Waals surface area contributed by atoms with Gasteiger partial charge >= 0.3 is 0 Å². The van der Waals surface area contributed by atoms with E-state index in [9.17, 15) is 9.50 Å². The summed E-state index contributed by atoms with van der Waals surface area (Å²) in [5.41, 5.74) is 1.39. The Bertz CT molecular complexity index is 651. The maximum absolute atomic E-state index is 13.5. The van der Waals surface area contributed by atoms with E-state index in [0.717, 1.165) is 5.56 Å². The molecule has 0 unspecified atom stereocenters. The van der Waals surface area contributed by atoms with Gasteiger partial charge in [-0.05, 0) is 30.7 Å². The van der Waals surface area contributed by atoms with Crippen LogP contribution in [0.3, 0.4) is 0 Å². The van der Waals surface area contributed by atoms with E-state index in [1.807, 2.05) is 24.3 Å². The highest BCUT2D eigenvalue weighted by Gasteiger charge is 2.30. The van der Waals surface area contributed by atoms with Crippen molar-refractivity contribution in [3.8, 4) is 11.5 Å². The molecular formula is C17H15FO2. The first-order chi connectivity index (χ1) is 9.70. The van der Waals surface area contributed by atoms with Crippen LogP contribution in [-0.4, -0.2) is 5.11 Å². The summed E-state index contributed by atoms with van der Waals surface area (Å²) in [6.45, 7) is 3.74. The number of rotatable bonds is 2. The molecule has 2 aromatic carbocycles. The smallest absolute Gasteiger partial charge is 0.133 e. The molecule has 20 heavy (non-hydrogen) atoms. The minimum absolute atomic E-state index is 0.188. The van der Waals surface area contributed by atoms with Crippen LogP contribution in [-0.2, 0) is 0 Å². The predicted molar refractivity (Wildman–Crippen MR) is 75.4 cm³/mol. The maximum atomic E-state index is 13.5. The minimum atomic E-state index is -0.817. The van der Waals surface area contributed by atoms with E-state index in [4.69, 9.17) is 4.74 Å². The van der Waals surface area contributed by atoms with Gasteiger partial charge in [-0.25, -0.2) is 4.39 Å². The van der Waals surface area contributed by atoms with Crippen molar-refractivity contribution in [3.05, 3.63) is 72.1 Å². The van der Waals surface area contributed by atoms with E-state index in [0.29, 0.717) is 23.5 Å². The third-order valence-electron chi connectivity index (χ3n) is 3.63. The summed E-state index contributed by atoms with van der Waals surface area (Å²) in [6.07, 6.45) is 1.54. The number of fused-ring (bicyclic) bond motifs is 2. The molecule has 0 spiro atoms. The Hall–Kier alpha value is -2.13. The highest BCUT2D eigenvalue weighted by atomic mass is 19.1. The van der Waals surface area contributed by atoms with Crippen molar-refractivity contribution in [1.82, 2.24) is 0 Å². The van der Waals surface area contributed by atoms with E-state index < -0.39 is 6.10 Å². The zero-order valence-electron chi connectivity index (χ0n) is 10.9. The molecule has 0 amide bonds. The number of halogens is 1. The quantitative estimate of drug-likeness (QED) is 0.823. The van der Waals surface area contributed by atoms with Crippen LogP contribution in [0.2, 0.25) is 0 Å². The van der Waals surface area contributed by atoms with Crippen LogP contribution in [0.1, 0.15) is 29.6 Å². The van der Waals surface area contributed by atoms with Crippen molar-refractivity contribution in [1.29, 1.82) is 0 Å². The molecule has 0 radical (unpaired) electrons. The van der Waals surface area contributed by atoms with Gasteiger partial charge in [0.2, 0.25) is 0 Å². The Kier molecular flexibility index (Phi) is 3.28. The molecule has 0 saturated heterocycles. The van der Waals surface area contributed by atoms with Crippen molar-refractivity contribution in [2.75, 3.05) is 0 Å². The van der Waals surface area contributed by atoms with E-state index in [1.54, 1.807) is 12.1 Å². The van der Waals surface area contributed by atoms with Gasteiger partial charge in [0.25, 0.3) is 0 Å². The number of benzene rings is 2. The molecule has 3 rings (SSSR count). The van der Waals surface area contributed by atoms with Crippen molar-refractivity contribution in [3.63, 3.8) is 0 Å². The second-order valence-electron chi connectivity index (χ2n) is 4.90. The first kappa shape index (κ1) is 12.9. The number of hydrogen-bond acceptors (Lipinski definition) is 2. The molecule has 1 aliphatic heterocycles. The van der Waals surface area contributed by atoms with Crippen LogP contribution in [0.15, 0.2) is 55.1 Å². The molecule has 1 aliphatic rings. The van der Waals surface area contributed by atoms with Gasteiger partial charge in [-0.1, -0.05) is 24.3 Å². The summed E-state index contributed by atoms with van der Waals surface area (Å²) in [4.78, 5) is 0. The van der Waals surface area contributed by atoms with Gasteiger partial charge in [0.15, 0.2) is 0 Å². The molecule has 1 heterocycles. The first-order valence-electron chi connectivity index (χ1n) is 6.56. The van der Waals surface area contributed by atoms with Crippen LogP contribution >= 0.6 is 0 Å². The highest BCUT2D eigenvalue weighted by molar-refractivity contribution is 5.48. The SMILES string of the molecule is C=CC[C@@H]1c2ccccc2Oc2ccc(F)cc2[C@@H]1O. The molecule has 2 aromatic rings. The highest BCUT2D eigenvalue weighted by Crippen LogP contribution is 2.46. The Morgan fingerprint density at radius 3 is 2.70 bits per heavy atom. The van der Waals surface area contributed by atoms with Gasteiger partial charge in [0, 0.05) is 17.0 Å². The fourth-order valence-corrected chi connectivity index (χ4v) is 2.66. The van der Waals surface area contributed by atoms with Crippen LogP contribution < -0.4 is 4.74 Å². The molecular weight excluding hydrogens is 255 g/mol. The molecule has 0 saturated carbocycles. The van der Waals surface area contributed by atoms with Crippen LogP contribution in [0.4, 0.5) is 4.39 Å². The summed E-state index contributed by atoms with van der Waals surface area (Å²) >= 11 is 0. The van der Waals surface area contributed by atoms with E-state index in [2.05, 4.69) is 6.58 Å². The molecule has 0 bridgehead atoms. The van der Waals surface area contributed by atoms with Gasteiger partial charge < -0.3 is 9.84 Å². The Labute approximate surface area is 117 Å². The second kappa shape index (κ2) is 5.10. The predicted octanol–water partition coefficient (Wildman–Crippen LogP) is 4.32. The van der Waals surface area contributed by atoms with Gasteiger partial charge in [-0.15, -0.1) is 6.58 Å². The molecule has 2 atom stereocenters. The number of aliphatic hydroxyl groups is 1. The van der Waals surface area contributed by atoms with Gasteiger partial charge in [-0.2, -0.15) is 0 Å². The fourth-order valence-electron chi connectivity index (χ4n) is 2.66. The van der Waals surface area contributed by atoms with Gasteiger partial charge in [0.1, 0.15) is 17.3 Å². The normalized spacial score (nSPS) is 20.3. The van der Waals surface area contributed by atoms with Crippen LogP contribution in [0.5, 0.6) is 11.5 Å². The number of para-hydroxylation sites is 1. The number of aliphatic hydroxyl groups excluding tert-OH is 1. The summed E-state index contributed by atoms with van der Waals surface area (Å²) in [5.74, 6) is 0.628. The Balaban J connectivity index is 2.19. The largest absolute Gasteiger partial charge is 0.457 e. The fraction of sp³-hybridized carbons (Fsp3) is 0.176. The second-order valence-corrected chi connectivity index (χ2v) is 4.90. The minimum Gasteiger partial charge on any atom is -0.457 e. The molecule has 3 heteroatoms. The molecule has 0 aliphatic carbocycles. The van der Waals surface area contributed by atoms with Crippen LogP contribution in [0, 0.1) is 5.82 Å². The monoisotopic (exact) mass is 270 g/mol. The van der Waals surface area contributed by atoms with E-state index in [1.165, 1.54) is 12.1 Å². The molecule has 0 aromatic heterocycles. The lowest BCUT2D eigenvalue weighted by Crippen LogP contribution is -2.09. The number of ether oxygens (including phenoxy) is 1. The van der Waals surface area contributed by atoms with E-state index >= 15 is 0 Å². The standard InChI is InChI=1S/C17H15FO2/c1-2-5-13-12-6-3-4-7-15(12)20-16-9-8-11(18)10-14(16)17(13)19/h2-4,6-10,13,17,19H,1,5H2/t13-,17-/m1/s1. The third kappa shape index (κ3) is 2.10.